The first-order chi connectivity index (χ1) is 8.17. The number of hydrogen-bond acceptors (Lipinski definition) is 4. The van der Waals surface area contributed by atoms with Crippen LogP contribution >= 0.6 is 0 Å². The average Bonchev–Trinajstić information content (AvgIpc) is 2.53. The van der Waals surface area contributed by atoms with Crippen LogP contribution in [-0.4, -0.2) is 43.9 Å². The van der Waals surface area contributed by atoms with Gasteiger partial charge in [-0.15, -0.1) is 5.92 Å². The van der Waals surface area contributed by atoms with Gasteiger partial charge in [-0.25, -0.2) is 0 Å². The van der Waals surface area contributed by atoms with Gasteiger partial charge in [-0.1, -0.05) is 33.3 Å². The fraction of sp³-hybridized carbons (Fsp3) is 0.846. The van der Waals surface area contributed by atoms with E-state index in [9.17, 15) is 10.3 Å². The third-order valence-electron chi connectivity index (χ3n) is 3.84. The van der Waals surface area contributed by atoms with E-state index >= 15 is 0 Å². The van der Waals surface area contributed by atoms with Gasteiger partial charge in [-0.05, 0) is 18.1 Å². The van der Waals surface area contributed by atoms with Crippen LogP contribution in [0.15, 0.2) is 0 Å². The topological polar surface area (TPSA) is 55.8 Å². The molecule has 1 saturated heterocycles. The zero-order chi connectivity index (χ0) is 14.0. The second-order valence-corrected chi connectivity index (χ2v) is 11.1. The van der Waals surface area contributed by atoms with Crippen LogP contribution < -0.4 is 24.0 Å². The van der Waals surface area contributed by atoms with E-state index in [4.69, 9.17) is 4.43 Å². The van der Waals surface area contributed by atoms with Gasteiger partial charge in [-0.2, -0.15) is 5.06 Å². The monoisotopic (exact) mass is 277 g/mol. The van der Waals surface area contributed by atoms with Crippen LogP contribution in [0.3, 0.4) is 0 Å². The Balaban J connectivity index is 0.00000324. The maximum Gasteiger partial charge on any atom is 1.00 e. The van der Waals surface area contributed by atoms with Gasteiger partial charge in [0.2, 0.25) is 0 Å². The Morgan fingerprint density at radius 2 is 2.00 bits per heavy atom. The molecule has 4 nitrogen and oxygen atoms in total. The number of nitrogens with zero attached hydrogens (tertiary/aromatic N) is 1. The predicted molar refractivity (Wildman–Crippen MR) is 71.6 cm³/mol. The smallest absolute Gasteiger partial charge is 0.845 e. The molecule has 0 aromatic heterocycles. The SMILES string of the molecule is CC(C)(C)[Si](C)(C)O[C@@H]1C[C@@H](C#CC[O-])N(O)C1.[Li+]. The Labute approximate surface area is 129 Å². The van der Waals surface area contributed by atoms with E-state index in [1.807, 2.05) is 0 Å². The molecule has 1 rings (SSSR count). The van der Waals surface area contributed by atoms with E-state index < -0.39 is 14.9 Å². The summed E-state index contributed by atoms with van der Waals surface area (Å²) >= 11 is 0. The maximum atomic E-state index is 10.3. The Morgan fingerprint density at radius 1 is 1.42 bits per heavy atom. The first kappa shape index (κ1) is 19.2. The Hall–Kier alpha value is 0.214. The van der Waals surface area contributed by atoms with E-state index in [2.05, 4.69) is 45.7 Å². The summed E-state index contributed by atoms with van der Waals surface area (Å²) in [6.45, 7) is 11.0. The molecule has 0 spiro atoms. The van der Waals surface area contributed by atoms with Crippen LogP contribution in [0.5, 0.6) is 0 Å². The third-order valence-corrected chi connectivity index (χ3v) is 8.38. The molecule has 0 bridgehead atoms. The molecular formula is C13H24LiNO3Si. The molecular weight excluding hydrogens is 253 g/mol. The Morgan fingerprint density at radius 3 is 2.47 bits per heavy atom. The molecule has 19 heavy (non-hydrogen) atoms. The van der Waals surface area contributed by atoms with Gasteiger partial charge in [0.05, 0.1) is 18.7 Å². The second-order valence-electron chi connectivity index (χ2n) is 6.34. The van der Waals surface area contributed by atoms with E-state index in [0.29, 0.717) is 13.0 Å². The summed E-state index contributed by atoms with van der Waals surface area (Å²) in [5, 5.41) is 21.4. The summed E-state index contributed by atoms with van der Waals surface area (Å²) in [5.74, 6) is 5.27. The Kier molecular flexibility index (Phi) is 7.37. The molecule has 6 heteroatoms. The van der Waals surface area contributed by atoms with Crippen LogP contribution in [0.4, 0.5) is 0 Å². The summed E-state index contributed by atoms with van der Waals surface area (Å²) in [5.41, 5.74) is 0. The largest absolute Gasteiger partial charge is 1.00 e. The molecule has 0 radical (unpaired) electrons. The predicted octanol–water partition coefficient (Wildman–Crippen LogP) is -1.79. The fourth-order valence-corrected chi connectivity index (χ4v) is 3.11. The molecule has 0 saturated carbocycles. The average molecular weight is 277 g/mol. The van der Waals surface area contributed by atoms with E-state index in [1.54, 1.807) is 0 Å². The molecule has 1 aliphatic heterocycles. The molecule has 1 aliphatic rings. The minimum Gasteiger partial charge on any atom is -0.845 e. The second kappa shape index (κ2) is 7.29. The van der Waals surface area contributed by atoms with Crippen LogP contribution in [0, 0.1) is 11.8 Å². The van der Waals surface area contributed by atoms with Crippen LogP contribution in [0.2, 0.25) is 18.1 Å². The maximum absolute atomic E-state index is 10.3. The van der Waals surface area contributed by atoms with E-state index in [1.165, 1.54) is 5.06 Å². The zero-order valence-electron chi connectivity index (χ0n) is 13.0. The summed E-state index contributed by atoms with van der Waals surface area (Å²) < 4.78 is 6.24. The van der Waals surface area contributed by atoms with Crippen LogP contribution in [0.25, 0.3) is 0 Å². The molecule has 0 aromatic rings. The van der Waals surface area contributed by atoms with Gasteiger partial charge in [0.25, 0.3) is 0 Å². The molecule has 0 amide bonds. The zero-order valence-corrected chi connectivity index (χ0v) is 14.0. The third kappa shape index (κ3) is 5.25. The van der Waals surface area contributed by atoms with E-state index in [0.717, 1.165) is 0 Å². The quantitative estimate of drug-likeness (QED) is 0.478. The molecule has 1 heterocycles. The van der Waals surface area contributed by atoms with Gasteiger partial charge in [-0.3, -0.25) is 0 Å². The summed E-state index contributed by atoms with van der Waals surface area (Å²) in [6, 6.07) is -0.256. The van der Waals surface area contributed by atoms with Crippen molar-refractivity contribution in [2.24, 2.45) is 0 Å². The van der Waals surface area contributed by atoms with Gasteiger partial charge < -0.3 is 14.7 Å². The van der Waals surface area contributed by atoms with Gasteiger partial charge in [0.1, 0.15) is 0 Å². The van der Waals surface area contributed by atoms with Crippen molar-refractivity contribution in [2.45, 2.75) is 57.5 Å². The molecule has 1 fully saturated rings. The van der Waals surface area contributed by atoms with Crippen LogP contribution in [0.1, 0.15) is 27.2 Å². The van der Waals surface area contributed by atoms with Crippen molar-refractivity contribution < 1.29 is 33.6 Å². The summed E-state index contributed by atoms with van der Waals surface area (Å²) in [7, 11) is -1.81. The minimum atomic E-state index is -1.81. The van der Waals surface area contributed by atoms with Crippen LogP contribution in [-0.2, 0) is 4.43 Å². The molecule has 2 atom stereocenters. The summed E-state index contributed by atoms with van der Waals surface area (Å²) in [4.78, 5) is 0. The van der Waals surface area contributed by atoms with Crippen molar-refractivity contribution in [3.63, 3.8) is 0 Å². The number of hydrogen-bond donors (Lipinski definition) is 1. The Bertz CT molecular complexity index is 346. The van der Waals surface area contributed by atoms with E-state index in [-0.39, 0.29) is 36.0 Å². The summed E-state index contributed by atoms with van der Waals surface area (Å²) in [6.07, 6.45) is 0.692. The van der Waals surface area contributed by atoms with Gasteiger partial charge >= 0.3 is 18.9 Å². The van der Waals surface area contributed by atoms with Crippen molar-refractivity contribution in [2.75, 3.05) is 13.2 Å². The number of hydroxylamine groups is 2. The first-order valence-electron chi connectivity index (χ1n) is 6.37. The van der Waals surface area contributed by atoms with Crippen molar-refractivity contribution >= 4 is 8.32 Å². The normalized spacial score (nSPS) is 24.6. The first-order valence-corrected chi connectivity index (χ1v) is 9.28. The van der Waals surface area contributed by atoms with Crippen molar-refractivity contribution in [3.8, 4) is 11.8 Å². The van der Waals surface area contributed by atoms with Gasteiger partial charge in [0, 0.05) is 6.42 Å². The van der Waals surface area contributed by atoms with Gasteiger partial charge in [0.15, 0.2) is 8.32 Å². The van der Waals surface area contributed by atoms with Crippen molar-refractivity contribution in [3.05, 3.63) is 0 Å². The molecule has 1 N–H and O–H groups in total. The molecule has 0 aromatic carbocycles. The molecule has 0 aliphatic carbocycles. The number of rotatable bonds is 2. The molecule has 0 unspecified atom stereocenters. The standard InChI is InChI=1S/C13H24NO3Si.Li/c1-13(2,3)18(4,5)17-12-9-11(7-6-8-15)14(16)10-12;/h11-12,16H,8-10H2,1-5H3;/q-1;+1/t11-,12-;/m1./s1. The minimum absolute atomic E-state index is 0. The molecule has 104 valence electrons. The van der Waals surface area contributed by atoms with Crippen molar-refractivity contribution in [1.82, 2.24) is 5.06 Å². The van der Waals surface area contributed by atoms with Crippen molar-refractivity contribution in [1.29, 1.82) is 0 Å². The fourth-order valence-electron chi connectivity index (χ4n) is 1.75.